The van der Waals surface area contributed by atoms with E-state index < -0.39 is 17.6 Å². The first-order valence-corrected chi connectivity index (χ1v) is 13.4. The van der Waals surface area contributed by atoms with Gasteiger partial charge in [-0.3, -0.25) is 4.79 Å². The quantitative estimate of drug-likeness (QED) is 0.209. The zero-order valence-corrected chi connectivity index (χ0v) is 24.0. The third-order valence-electron chi connectivity index (χ3n) is 6.26. The maximum Gasteiger partial charge on any atom is 0.418 e. The summed E-state index contributed by atoms with van der Waals surface area (Å²) in [6, 6.07) is 13.8. The van der Waals surface area contributed by atoms with Gasteiger partial charge in [0.05, 0.1) is 28.8 Å². The van der Waals surface area contributed by atoms with E-state index in [0.717, 1.165) is 22.4 Å². The van der Waals surface area contributed by atoms with Crippen LogP contribution in [0.1, 0.15) is 52.2 Å². The molecule has 0 atom stereocenters. The normalized spacial score (nSPS) is 10.9. The molecule has 0 saturated heterocycles. The number of carbonyl (C=O) groups excluding carboxylic acids is 1. The number of carbonyl (C=O) groups is 1. The number of fused-ring (bicyclic) bond motifs is 1. The third kappa shape index (κ3) is 6.56. The smallest absolute Gasteiger partial charge is 0.383 e. The summed E-state index contributed by atoms with van der Waals surface area (Å²) in [5, 5.41) is 4.65. The lowest BCUT2D eigenvalue weighted by Gasteiger charge is -2.15. The van der Waals surface area contributed by atoms with Gasteiger partial charge < -0.3 is 15.6 Å². The van der Waals surface area contributed by atoms with Crippen LogP contribution in [0, 0.1) is 25.7 Å². The van der Waals surface area contributed by atoms with E-state index in [1.165, 1.54) is 29.2 Å². The Morgan fingerprint density at radius 2 is 1.76 bits per heavy atom. The molecule has 2 heterocycles. The van der Waals surface area contributed by atoms with Crippen molar-refractivity contribution in [3.63, 3.8) is 0 Å². The summed E-state index contributed by atoms with van der Waals surface area (Å²) in [5.74, 6) is 5.75. The van der Waals surface area contributed by atoms with Crippen LogP contribution in [0.25, 0.3) is 16.5 Å². The first-order valence-electron chi connectivity index (χ1n) is 13.0. The summed E-state index contributed by atoms with van der Waals surface area (Å²) < 4.78 is 42.9. The number of nitrogens with one attached hydrogen (secondary N) is 1. The average Bonchev–Trinajstić information content (AvgIpc) is 3.39. The Labute approximate surface area is 246 Å². The third-order valence-corrected chi connectivity index (χ3v) is 6.49. The van der Waals surface area contributed by atoms with Crippen molar-refractivity contribution >= 4 is 39.8 Å². The van der Waals surface area contributed by atoms with Crippen LogP contribution in [0.15, 0.2) is 73.3 Å². The van der Waals surface area contributed by atoms with Crippen LogP contribution in [0.4, 0.5) is 24.7 Å². The van der Waals surface area contributed by atoms with Crippen LogP contribution in [0.3, 0.4) is 0 Å². The first-order chi connectivity index (χ1) is 20.0. The molecule has 0 bridgehead atoms. The van der Waals surface area contributed by atoms with Crippen molar-refractivity contribution in [3.05, 3.63) is 112 Å². The maximum atomic E-state index is 13.9. The standard InChI is InChI=1S/C30H21ClF3N5O.C2H6/c1-17-3-4-20(11-19(17)6-9-24-25-12-22(31)7-5-21(25)14-36-28(24)35)29(40)38-23-8-10-27(26(13-23)30(32,33)34)39-15-18(2)37-16-39;1-2/h3-5,7-8,10-16H,1-2H3,(H2,35,36)(H,38,40);1-2H3. The Hall–Kier alpha value is -4.81. The lowest BCUT2D eigenvalue weighted by atomic mass is 10.0. The van der Waals surface area contributed by atoms with E-state index in [1.807, 2.05) is 26.8 Å². The number of aryl methyl sites for hydroxylation is 2. The number of pyridine rings is 1. The molecule has 3 N–H and O–H groups in total. The highest BCUT2D eigenvalue weighted by atomic mass is 35.5. The second kappa shape index (κ2) is 12.4. The minimum Gasteiger partial charge on any atom is -0.383 e. The first kappa shape index (κ1) is 30.2. The van der Waals surface area contributed by atoms with E-state index in [2.05, 4.69) is 27.1 Å². The number of hydrogen-bond acceptors (Lipinski definition) is 4. The molecule has 0 aliphatic rings. The van der Waals surface area contributed by atoms with Crippen molar-refractivity contribution in [2.45, 2.75) is 33.9 Å². The minimum atomic E-state index is -4.65. The molecule has 0 aliphatic carbocycles. The highest BCUT2D eigenvalue weighted by molar-refractivity contribution is 6.31. The van der Waals surface area contributed by atoms with Crippen molar-refractivity contribution < 1.29 is 18.0 Å². The summed E-state index contributed by atoms with van der Waals surface area (Å²) in [4.78, 5) is 21.2. The monoisotopic (exact) mass is 589 g/mol. The van der Waals surface area contributed by atoms with E-state index in [9.17, 15) is 18.0 Å². The number of amides is 1. The van der Waals surface area contributed by atoms with Gasteiger partial charge in [-0.1, -0.05) is 49.4 Å². The number of nitrogen functional groups attached to an aromatic ring is 1. The summed E-state index contributed by atoms with van der Waals surface area (Å²) in [7, 11) is 0. The van der Waals surface area contributed by atoms with Gasteiger partial charge in [0.15, 0.2) is 0 Å². The number of alkyl halides is 3. The number of aromatic nitrogens is 3. The van der Waals surface area contributed by atoms with Gasteiger partial charge in [-0.25, -0.2) is 9.97 Å². The highest BCUT2D eigenvalue weighted by Crippen LogP contribution is 2.36. The molecule has 214 valence electrons. The number of nitrogens with zero attached hydrogens (tertiary/aromatic N) is 3. The number of benzene rings is 3. The molecule has 6 nitrogen and oxygen atoms in total. The van der Waals surface area contributed by atoms with Gasteiger partial charge in [-0.15, -0.1) is 0 Å². The van der Waals surface area contributed by atoms with Gasteiger partial charge >= 0.3 is 6.18 Å². The molecule has 0 spiro atoms. The topological polar surface area (TPSA) is 85.8 Å². The Morgan fingerprint density at radius 1 is 1.00 bits per heavy atom. The van der Waals surface area contributed by atoms with Gasteiger partial charge in [0, 0.05) is 45.0 Å². The summed E-state index contributed by atoms with van der Waals surface area (Å²) in [5.41, 5.74) is 7.74. The zero-order valence-electron chi connectivity index (χ0n) is 23.3. The lowest BCUT2D eigenvalue weighted by molar-refractivity contribution is -0.137. The van der Waals surface area contributed by atoms with Crippen LogP contribution in [0.5, 0.6) is 0 Å². The van der Waals surface area contributed by atoms with Gasteiger partial charge in [-0.2, -0.15) is 13.2 Å². The molecule has 10 heteroatoms. The van der Waals surface area contributed by atoms with Gasteiger partial charge in [0.2, 0.25) is 0 Å². The Bertz CT molecular complexity index is 1850. The average molecular weight is 590 g/mol. The lowest BCUT2D eigenvalue weighted by Crippen LogP contribution is -2.15. The largest absolute Gasteiger partial charge is 0.418 e. The van der Waals surface area contributed by atoms with Crippen molar-refractivity contribution in [1.82, 2.24) is 14.5 Å². The van der Waals surface area contributed by atoms with Gasteiger partial charge in [-0.05, 0) is 61.9 Å². The predicted octanol–water partition coefficient (Wildman–Crippen LogP) is 7.97. The van der Waals surface area contributed by atoms with E-state index in [-0.39, 0.29) is 22.8 Å². The fourth-order valence-corrected chi connectivity index (χ4v) is 4.35. The van der Waals surface area contributed by atoms with Crippen LogP contribution in [0.2, 0.25) is 5.02 Å². The maximum absolute atomic E-state index is 13.9. The molecule has 5 aromatic rings. The molecule has 0 radical (unpaired) electrons. The Morgan fingerprint density at radius 3 is 2.45 bits per heavy atom. The number of halogens is 4. The molecule has 2 aromatic heterocycles. The number of hydrogen-bond donors (Lipinski definition) is 2. The molecule has 0 fully saturated rings. The Balaban J connectivity index is 0.00000198. The molecule has 0 unspecified atom stereocenters. The fourth-order valence-electron chi connectivity index (χ4n) is 4.18. The van der Waals surface area contributed by atoms with Gasteiger partial charge in [0.1, 0.15) is 5.82 Å². The number of imidazole rings is 1. The predicted molar refractivity (Wildman–Crippen MR) is 161 cm³/mol. The highest BCUT2D eigenvalue weighted by Gasteiger charge is 2.34. The minimum absolute atomic E-state index is 0.00222. The number of anilines is 2. The molecule has 3 aromatic carbocycles. The molecule has 5 rings (SSSR count). The molecule has 0 saturated carbocycles. The second-order valence-corrected chi connectivity index (χ2v) is 9.57. The van der Waals surface area contributed by atoms with Crippen LogP contribution >= 0.6 is 11.6 Å². The molecule has 42 heavy (non-hydrogen) atoms. The summed E-state index contributed by atoms with van der Waals surface area (Å²) in [6.07, 6.45) is -0.212. The summed E-state index contributed by atoms with van der Waals surface area (Å²) >= 11 is 6.16. The van der Waals surface area contributed by atoms with Crippen molar-refractivity contribution in [1.29, 1.82) is 0 Å². The fraction of sp³-hybridized carbons (Fsp3) is 0.156. The summed E-state index contributed by atoms with van der Waals surface area (Å²) in [6.45, 7) is 7.52. The van der Waals surface area contributed by atoms with Crippen LogP contribution in [-0.4, -0.2) is 20.4 Å². The van der Waals surface area contributed by atoms with Crippen molar-refractivity contribution in [2.75, 3.05) is 11.1 Å². The number of nitrogens with two attached hydrogens (primary N) is 1. The number of rotatable bonds is 3. The van der Waals surface area contributed by atoms with Crippen LogP contribution < -0.4 is 11.1 Å². The van der Waals surface area contributed by atoms with E-state index in [0.29, 0.717) is 21.8 Å². The van der Waals surface area contributed by atoms with Crippen molar-refractivity contribution in [3.8, 4) is 17.5 Å². The SMILES string of the molecule is CC.Cc1cn(-c2ccc(NC(=O)c3ccc(C)c(C#Cc4c(N)ncc5ccc(Cl)cc45)c3)cc2C(F)(F)F)cn1. The van der Waals surface area contributed by atoms with E-state index >= 15 is 0 Å². The molecular weight excluding hydrogens is 563 g/mol. The molecular formula is C32H27ClF3N5O. The molecule has 0 aliphatic heterocycles. The second-order valence-electron chi connectivity index (χ2n) is 9.14. The van der Waals surface area contributed by atoms with E-state index in [1.54, 1.807) is 43.5 Å². The molecule has 1 amide bonds. The van der Waals surface area contributed by atoms with Gasteiger partial charge in [0.25, 0.3) is 5.91 Å². The van der Waals surface area contributed by atoms with Crippen LogP contribution in [-0.2, 0) is 6.18 Å². The Kier molecular flexibility index (Phi) is 8.88. The van der Waals surface area contributed by atoms with E-state index in [4.69, 9.17) is 17.3 Å². The zero-order chi connectivity index (χ0) is 30.6. The van der Waals surface area contributed by atoms with Crippen molar-refractivity contribution in [2.24, 2.45) is 0 Å².